The maximum absolute atomic E-state index is 5.93. The Kier molecular flexibility index (Phi) is 2.34. The van der Waals surface area contributed by atoms with E-state index in [9.17, 15) is 0 Å². The molecule has 5 nitrogen and oxygen atoms in total. The van der Waals surface area contributed by atoms with Gasteiger partial charge in [0.05, 0.1) is 12.2 Å². The summed E-state index contributed by atoms with van der Waals surface area (Å²) in [5.74, 6) is 1.62. The van der Waals surface area contributed by atoms with Crippen LogP contribution in [-0.2, 0) is 0 Å². The lowest BCUT2D eigenvalue weighted by Crippen LogP contribution is -2.19. The molecule has 2 aromatic rings. The van der Waals surface area contributed by atoms with E-state index in [1.807, 2.05) is 12.4 Å². The van der Waals surface area contributed by atoms with Gasteiger partial charge >= 0.3 is 0 Å². The van der Waals surface area contributed by atoms with Crippen LogP contribution in [0.3, 0.4) is 0 Å². The standard InChI is InChI=1S/C15H19N5/c1-2-6-19-10-15(3-4-15)8-11(19)14-18-9-12-13(16)17-5-7-20(12)14/h2,5-7,9,11H,3-4,8,10H2,1H3,(H2,16,17). The number of nitrogens with zero attached hydrogens (tertiary/aromatic N) is 4. The summed E-state index contributed by atoms with van der Waals surface area (Å²) in [5.41, 5.74) is 7.37. The van der Waals surface area contributed by atoms with Crippen molar-refractivity contribution in [2.75, 3.05) is 12.3 Å². The summed E-state index contributed by atoms with van der Waals surface area (Å²) in [6, 6.07) is 0.345. The second-order valence-corrected chi connectivity index (χ2v) is 6.06. The molecule has 0 radical (unpaired) electrons. The van der Waals surface area contributed by atoms with Gasteiger partial charge in [-0.2, -0.15) is 0 Å². The van der Waals surface area contributed by atoms with Crippen molar-refractivity contribution in [1.82, 2.24) is 19.3 Å². The number of rotatable bonds is 2. The Hall–Kier alpha value is -2.04. The van der Waals surface area contributed by atoms with Gasteiger partial charge < -0.3 is 10.6 Å². The number of allylic oxidation sites excluding steroid dienone is 1. The van der Waals surface area contributed by atoms with Crippen LogP contribution in [0.15, 0.2) is 30.9 Å². The summed E-state index contributed by atoms with van der Waals surface area (Å²) in [7, 11) is 0. The molecule has 2 aliphatic rings. The largest absolute Gasteiger partial charge is 0.382 e. The van der Waals surface area contributed by atoms with E-state index in [0.717, 1.165) is 17.9 Å². The first-order valence-electron chi connectivity index (χ1n) is 7.18. The molecule has 0 aromatic carbocycles. The average Bonchev–Trinajstić information content (AvgIpc) is 2.90. The van der Waals surface area contributed by atoms with Gasteiger partial charge in [0.15, 0.2) is 0 Å². The summed E-state index contributed by atoms with van der Waals surface area (Å²) in [5, 5.41) is 0. The van der Waals surface area contributed by atoms with Crippen LogP contribution in [0, 0.1) is 5.41 Å². The zero-order chi connectivity index (χ0) is 13.7. The number of anilines is 1. The van der Waals surface area contributed by atoms with Crippen molar-refractivity contribution < 1.29 is 0 Å². The minimum absolute atomic E-state index is 0.345. The Bertz CT molecular complexity index is 683. The van der Waals surface area contributed by atoms with Gasteiger partial charge in [0, 0.05) is 18.9 Å². The fourth-order valence-corrected chi connectivity index (χ4v) is 3.43. The zero-order valence-corrected chi connectivity index (χ0v) is 11.7. The third kappa shape index (κ3) is 1.62. The van der Waals surface area contributed by atoms with Crippen LogP contribution in [0.25, 0.3) is 5.52 Å². The van der Waals surface area contributed by atoms with Crippen molar-refractivity contribution in [3.8, 4) is 0 Å². The van der Waals surface area contributed by atoms with Crippen molar-refractivity contribution in [3.63, 3.8) is 0 Å². The number of hydrogen-bond donors (Lipinski definition) is 1. The van der Waals surface area contributed by atoms with Crippen LogP contribution >= 0.6 is 0 Å². The van der Waals surface area contributed by atoms with Gasteiger partial charge in [-0.25, -0.2) is 9.97 Å². The molecule has 0 bridgehead atoms. The first-order chi connectivity index (χ1) is 9.72. The second-order valence-electron chi connectivity index (χ2n) is 6.06. The molecule has 1 saturated carbocycles. The van der Waals surface area contributed by atoms with Crippen LogP contribution in [0.2, 0.25) is 0 Å². The number of fused-ring (bicyclic) bond motifs is 1. The van der Waals surface area contributed by atoms with Crippen molar-refractivity contribution in [2.45, 2.75) is 32.2 Å². The van der Waals surface area contributed by atoms with Gasteiger partial charge in [0.1, 0.15) is 17.2 Å². The molecule has 1 unspecified atom stereocenters. The molecule has 1 aliphatic carbocycles. The van der Waals surface area contributed by atoms with Crippen LogP contribution in [0.4, 0.5) is 5.82 Å². The number of nitrogen functional groups attached to an aromatic ring is 1. The van der Waals surface area contributed by atoms with E-state index in [2.05, 4.69) is 38.5 Å². The summed E-state index contributed by atoms with van der Waals surface area (Å²) >= 11 is 0. The molecule has 4 rings (SSSR count). The minimum atomic E-state index is 0.345. The molecule has 3 heterocycles. The molecule has 2 fully saturated rings. The van der Waals surface area contributed by atoms with E-state index in [1.165, 1.54) is 19.3 Å². The third-order valence-electron chi connectivity index (χ3n) is 4.66. The Balaban J connectivity index is 1.79. The zero-order valence-electron chi connectivity index (χ0n) is 11.7. The predicted octanol–water partition coefficient (Wildman–Crippen LogP) is 2.37. The van der Waals surface area contributed by atoms with Crippen LogP contribution in [0.1, 0.15) is 38.1 Å². The molecule has 1 saturated heterocycles. The lowest BCUT2D eigenvalue weighted by molar-refractivity contribution is 0.339. The Labute approximate surface area is 118 Å². The fourth-order valence-electron chi connectivity index (χ4n) is 3.43. The molecule has 104 valence electrons. The van der Waals surface area contributed by atoms with Crippen molar-refractivity contribution in [1.29, 1.82) is 0 Å². The number of nitrogens with two attached hydrogens (primary N) is 1. The molecule has 1 atom stereocenters. The highest BCUT2D eigenvalue weighted by molar-refractivity contribution is 5.64. The summed E-state index contributed by atoms with van der Waals surface area (Å²) in [4.78, 5) is 11.2. The van der Waals surface area contributed by atoms with E-state index in [-0.39, 0.29) is 0 Å². The predicted molar refractivity (Wildman–Crippen MR) is 77.9 cm³/mol. The van der Waals surface area contributed by atoms with Crippen molar-refractivity contribution in [3.05, 3.63) is 36.7 Å². The first-order valence-corrected chi connectivity index (χ1v) is 7.18. The van der Waals surface area contributed by atoms with Gasteiger partial charge in [0.25, 0.3) is 0 Å². The SMILES string of the molecule is CC=CN1CC2(CC2)CC1c1ncc2c(N)nccn12. The quantitative estimate of drug-likeness (QED) is 0.909. The lowest BCUT2D eigenvalue weighted by atomic mass is 10.0. The van der Waals surface area contributed by atoms with Crippen LogP contribution in [0.5, 0.6) is 0 Å². The molecular formula is C15H19N5. The Morgan fingerprint density at radius 2 is 2.25 bits per heavy atom. The van der Waals surface area contributed by atoms with Gasteiger partial charge in [0.2, 0.25) is 0 Å². The molecule has 1 spiro atoms. The lowest BCUT2D eigenvalue weighted by Gasteiger charge is -2.21. The van der Waals surface area contributed by atoms with E-state index in [4.69, 9.17) is 5.73 Å². The van der Waals surface area contributed by atoms with Crippen molar-refractivity contribution >= 4 is 11.3 Å². The molecular weight excluding hydrogens is 250 g/mol. The van der Waals surface area contributed by atoms with Gasteiger partial charge in [-0.1, -0.05) is 6.08 Å². The Morgan fingerprint density at radius 3 is 3.00 bits per heavy atom. The maximum atomic E-state index is 5.93. The van der Waals surface area contributed by atoms with E-state index in [1.54, 1.807) is 6.20 Å². The molecule has 2 N–H and O–H groups in total. The van der Waals surface area contributed by atoms with Crippen LogP contribution < -0.4 is 5.73 Å². The van der Waals surface area contributed by atoms with Crippen molar-refractivity contribution in [2.24, 2.45) is 5.41 Å². The highest BCUT2D eigenvalue weighted by Crippen LogP contribution is 2.58. The number of likely N-dealkylation sites (tertiary alicyclic amines) is 1. The normalized spacial score (nSPS) is 24.2. The first kappa shape index (κ1) is 11.8. The number of aromatic nitrogens is 3. The van der Waals surface area contributed by atoms with Gasteiger partial charge in [-0.15, -0.1) is 0 Å². The van der Waals surface area contributed by atoms with E-state index in [0.29, 0.717) is 17.3 Å². The third-order valence-corrected chi connectivity index (χ3v) is 4.66. The highest BCUT2D eigenvalue weighted by Gasteiger charge is 2.52. The van der Waals surface area contributed by atoms with E-state index < -0.39 is 0 Å². The molecule has 0 amide bonds. The summed E-state index contributed by atoms with van der Waals surface area (Å²) in [6.45, 7) is 3.22. The smallest absolute Gasteiger partial charge is 0.149 e. The minimum Gasteiger partial charge on any atom is -0.382 e. The number of imidazole rings is 1. The topological polar surface area (TPSA) is 59.5 Å². The monoisotopic (exact) mass is 269 g/mol. The fraction of sp³-hybridized carbons (Fsp3) is 0.467. The second kappa shape index (κ2) is 3.98. The highest BCUT2D eigenvalue weighted by atomic mass is 15.2. The summed E-state index contributed by atoms with van der Waals surface area (Å²) in [6.07, 6.45) is 13.7. The molecule has 1 aliphatic heterocycles. The average molecular weight is 269 g/mol. The van der Waals surface area contributed by atoms with E-state index >= 15 is 0 Å². The molecule has 5 heteroatoms. The van der Waals surface area contributed by atoms with Crippen LogP contribution in [-0.4, -0.2) is 25.8 Å². The van der Waals surface area contributed by atoms with Gasteiger partial charge in [-0.05, 0) is 37.8 Å². The molecule has 2 aromatic heterocycles. The number of hydrogen-bond acceptors (Lipinski definition) is 4. The molecule has 20 heavy (non-hydrogen) atoms. The summed E-state index contributed by atoms with van der Waals surface area (Å²) < 4.78 is 2.09. The maximum Gasteiger partial charge on any atom is 0.149 e. The Morgan fingerprint density at radius 1 is 1.40 bits per heavy atom. The van der Waals surface area contributed by atoms with Gasteiger partial charge in [-0.3, -0.25) is 4.40 Å².